The molecule has 2 aliphatic rings. The largest absolute Gasteiger partial charge is 0.316 e. The van der Waals surface area contributed by atoms with E-state index in [1.807, 2.05) is 23.9 Å². The predicted octanol–water partition coefficient (Wildman–Crippen LogP) is 2.46. The topological polar surface area (TPSA) is 15.3 Å². The third kappa shape index (κ3) is 2.96. The summed E-state index contributed by atoms with van der Waals surface area (Å²) in [4.78, 5) is 3.78. The fraction of sp³-hybridized carbons (Fsp3) is 0.600. The van der Waals surface area contributed by atoms with Crippen LogP contribution in [0, 0.1) is 17.7 Å². The number of likely N-dealkylation sites (tertiary alicyclic amines) is 1. The average Bonchev–Trinajstić information content (AvgIpc) is 2.97. The third-order valence-corrected chi connectivity index (χ3v) is 5.51. The maximum Gasteiger partial charge on any atom is 0.123 e. The Labute approximate surface area is 118 Å². The van der Waals surface area contributed by atoms with Crippen LogP contribution in [-0.4, -0.2) is 42.9 Å². The van der Waals surface area contributed by atoms with Crippen molar-refractivity contribution in [3.63, 3.8) is 0 Å². The number of hydrogen-bond donors (Lipinski definition) is 1. The summed E-state index contributed by atoms with van der Waals surface area (Å²) in [6.07, 6.45) is 0. The highest BCUT2D eigenvalue weighted by atomic mass is 32.2. The van der Waals surface area contributed by atoms with E-state index in [1.54, 1.807) is 0 Å². The summed E-state index contributed by atoms with van der Waals surface area (Å²) in [5.74, 6) is 2.63. The van der Waals surface area contributed by atoms with Crippen LogP contribution in [0.4, 0.5) is 4.39 Å². The molecule has 19 heavy (non-hydrogen) atoms. The first kappa shape index (κ1) is 13.4. The highest BCUT2D eigenvalue weighted by molar-refractivity contribution is 7.99. The molecule has 0 bridgehead atoms. The number of benzene rings is 1. The Balaban J connectivity index is 1.46. The maximum atomic E-state index is 12.8. The lowest BCUT2D eigenvalue weighted by molar-refractivity contribution is 0.254. The average molecular weight is 280 g/mol. The Morgan fingerprint density at radius 2 is 2.11 bits per heavy atom. The molecular formula is C15H21FN2S. The number of fused-ring (bicyclic) bond motifs is 1. The van der Waals surface area contributed by atoms with Crippen molar-refractivity contribution >= 4 is 11.8 Å². The van der Waals surface area contributed by atoms with E-state index >= 15 is 0 Å². The molecule has 1 aromatic carbocycles. The van der Waals surface area contributed by atoms with E-state index in [2.05, 4.69) is 17.1 Å². The number of rotatable bonds is 4. The van der Waals surface area contributed by atoms with Gasteiger partial charge >= 0.3 is 0 Å². The summed E-state index contributed by atoms with van der Waals surface area (Å²) >= 11 is 1.82. The molecule has 0 amide bonds. The van der Waals surface area contributed by atoms with Crippen molar-refractivity contribution in [1.82, 2.24) is 10.2 Å². The SMILES string of the molecule is CC1C2CNCC2CN1CCSc1ccc(F)cc1. The predicted molar refractivity (Wildman–Crippen MR) is 78.0 cm³/mol. The number of nitrogens with zero attached hydrogens (tertiary/aromatic N) is 1. The van der Waals surface area contributed by atoms with Crippen LogP contribution in [0.25, 0.3) is 0 Å². The standard InChI is InChI=1S/C15H21FN2S/c1-11-15-9-17-8-12(15)10-18(11)6-7-19-14-4-2-13(16)3-5-14/h2-5,11-12,15,17H,6-10H2,1H3. The Hall–Kier alpha value is -0.580. The minimum absolute atomic E-state index is 0.155. The van der Waals surface area contributed by atoms with Crippen molar-refractivity contribution in [2.24, 2.45) is 11.8 Å². The van der Waals surface area contributed by atoms with E-state index in [1.165, 1.54) is 31.8 Å². The number of thioether (sulfide) groups is 1. The van der Waals surface area contributed by atoms with Crippen LogP contribution < -0.4 is 5.32 Å². The van der Waals surface area contributed by atoms with E-state index in [4.69, 9.17) is 0 Å². The van der Waals surface area contributed by atoms with E-state index in [0.717, 1.165) is 29.0 Å². The molecule has 0 aromatic heterocycles. The molecule has 2 saturated heterocycles. The second-order valence-corrected chi connectivity index (χ2v) is 6.79. The molecule has 0 aliphatic carbocycles. The van der Waals surface area contributed by atoms with Crippen molar-refractivity contribution in [1.29, 1.82) is 0 Å². The minimum atomic E-state index is -0.155. The van der Waals surface area contributed by atoms with Gasteiger partial charge in [0.2, 0.25) is 0 Å². The van der Waals surface area contributed by atoms with Crippen LogP contribution in [-0.2, 0) is 0 Å². The van der Waals surface area contributed by atoms with Crippen molar-refractivity contribution in [3.05, 3.63) is 30.1 Å². The van der Waals surface area contributed by atoms with E-state index in [-0.39, 0.29) is 5.82 Å². The van der Waals surface area contributed by atoms with Gasteiger partial charge < -0.3 is 5.32 Å². The van der Waals surface area contributed by atoms with Gasteiger partial charge in [-0.3, -0.25) is 4.90 Å². The summed E-state index contributed by atoms with van der Waals surface area (Å²) in [7, 11) is 0. The lowest BCUT2D eigenvalue weighted by Gasteiger charge is -2.23. The van der Waals surface area contributed by atoms with Gasteiger partial charge in [0.25, 0.3) is 0 Å². The van der Waals surface area contributed by atoms with Crippen LogP contribution in [0.2, 0.25) is 0 Å². The van der Waals surface area contributed by atoms with Gasteiger partial charge in [0.1, 0.15) is 5.82 Å². The second kappa shape index (κ2) is 5.81. The Morgan fingerprint density at radius 1 is 1.32 bits per heavy atom. The number of hydrogen-bond acceptors (Lipinski definition) is 3. The van der Waals surface area contributed by atoms with Crippen LogP contribution in [0.1, 0.15) is 6.92 Å². The van der Waals surface area contributed by atoms with Crippen molar-refractivity contribution in [3.8, 4) is 0 Å². The van der Waals surface area contributed by atoms with E-state index in [9.17, 15) is 4.39 Å². The Bertz CT molecular complexity index is 423. The number of nitrogens with one attached hydrogen (secondary N) is 1. The van der Waals surface area contributed by atoms with Crippen molar-refractivity contribution in [2.45, 2.75) is 17.9 Å². The van der Waals surface area contributed by atoms with E-state index < -0.39 is 0 Å². The molecule has 1 aromatic rings. The molecule has 2 nitrogen and oxygen atoms in total. The van der Waals surface area contributed by atoms with Gasteiger partial charge in [-0.25, -0.2) is 4.39 Å². The highest BCUT2D eigenvalue weighted by Gasteiger charge is 2.41. The highest BCUT2D eigenvalue weighted by Crippen LogP contribution is 2.32. The molecule has 0 spiro atoms. The zero-order chi connectivity index (χ0) is 13.2. The molecule has 3 rings (SSSR count). The summed E-state index contributed by atoms with van der Waals surface area (Å²) < 4.78 is 12.8. The normalized spacial score (nSPS) is 30.7. The quantitative estimate of drug-likeness (QED) is 0.853. The zero-order valence-electron chi connectivity index (χ0n) is 11.3. The summed E-state index contributed by atoms with van der Waals surface area (Å²) in [6, 6.07) is 7.51. The smallest absolute Gasteiger partial charge is 0.123 e. The third-order valence-electron chi connectivity index (χ3n) is 4.52. The minimum Gasteiger partial charge on any atom is -0.316 e. The molecule has 2 heterocycles. The first-order valence-corrected chi connectivity index (χ1v) is 8.06. The molecule has 4 heteroatoms. The zero-order valence-corrected chi connectivity index (χ0v) is 12.1. The first-order valence-electron chi connectivity index (χ1n) is 7.07. The first-order chi connectivity index (χ1) is 9.24. The molecule has 2 aliphatic heterocycles. The second-order valence-electron chi connectivity index (χ2n) is 5.62. The Kier molecular flexibility index (Phi) is 4.10. The van der Waals surface area contributed by atoms with Gasteiger partial charge in [0.15, 0.2) is 0 Å². The molecule has 0 radical (unpaired) electrons. The van der Waals surface area contributed by atoms with Crippen LogP contribution in [0.5, 0.6) is 0 Å². The summed E-state index contributed by atoms with van der Waals surface area (Å²) in [6.45, 7) is 7.11. The Morgan fingerprint density at radius 3 is 2.84 bits per heavy atom. The van der Waals surface area contributed by atoms with Gasteiger partial charge in [-0.1, -0.05) is 0 Å². The van der Waals surface area contributed by atoms with Crippen LogP contribution in [0.3, 0.4) is 0 Å². The van der Waals surface area contributed by atoms with Crippen LogP contribution >= 0.6 is 11.8 Å². The molecular weight excluding hydrogens is 259 g/mol. The molecule has 1 N–H and O–H groups in total. The van der Waals surface area contributed by atoms with Crippen LogP contribution in [0.15, 0.2) is 29.2 Å². The lowest BCUT2D eigenvalue weighted by Crippen LogP contribution is -2.34. The maximum absolute atomic E-state index is 12.8. The van der Waals surface area contributed by atoms with Gasteiger partial charge in [-0.2, -0.15) is 0 Å². The van der Waals surface area contributed by atoms with Gasteiger partial charge in [0, 0.05) is 29.8 Å². The van der Waals surface area contributed by atoms with Crippen molar-refractivity contribution < 1.29 is 4.39 Å². The monoisotopic (exact) mass is 280 g/mol. The summed E-state index contributed by atoms with van der Waals surface area (Å²) in [5.41, 5.74) is 0. The molecule has 3 atom stereocenters. The molecule has 104 valence electrons. The lowest BCUT2D eigenvalue weighted by atomic mass is 9.95. The summed E-state index contributed by atoms with van der Waals surface area (Å²) in [5, 5.41) is 3.50. The van der Waals surface area contributed by atoms with Gasteiger partial charge in [-0.15, -0.1) is 11.8 Å². The van der Waals surface area contributed by atoms with E-state index in [0.29, 0.717) is 6.04 Å². The number of halogens is 1. The molecule has 2 fully saturated rings. The van der Waals surface area contributed by atoms with Gasteiger partial charge in [-0.05, 0) is 56.1 Å². The fourth-order valence-corrected chi connectivity index (χ4v) is 4.25. The fourth-order valence-electron chi connectivity index (χ4n) is 3.36. The molecule has 3 unspecified atom stereocenters. The van der Waals surface area contributed by atoms with Gasteiger partial charge in [0.05, 0.1) is 0 Å². The molecule has 0 saturated carbocycles. The van der Waals surface area contributed by atoms with Crippen molar-refractivity contribution in [2.75, 3.05) is 31.9 Å².